The Labute approximate surface area is 153 Å². The van der Waals surface area contributed by atoms with E-state index in [1.807, 2.05) is 67.7 Å². The van der Waals surface area contributed by atoms with Gasteiger partial charge in [0.25, 0.3) is 0 Å². The van der Waals surface area contributed by atoms with Crippen LogP contribution in [0.25, 0.3) is 5.69 Å². The summed E-state index contributed by atoms with van der Waals surface area (Å²) in [5.41, 5.74) is 3.03. The number of ether oxygens (including phenoxy) is 1. The normalized spacial score (nSPS) is 10.5. The fourth-order valence-electron chi connectivity index (χ4n) is 2.61. The highest BCUT2D eigenvalue weighted by Gasteiger charge is 2.11. The van der Waals surface area contributed by atoms with Crippen LogP contribution in [0.4, 0.5) is 0 Å². The van der Waals surface area contributed by atoms with Gasteiger partial charge in [0, 0.05) is 13.2 Å². The van der Waals surface area contributed by atoms with Crippen molar-refractivity contribution >= 4 is 5.91 Å². The van der Waals surface area contributed by atoms with E-state index in [9.17, 15) is 4.79 Å². The van der Waals surface area contributed by atoms with Gasteiger partial charge in [-0.05, 0) is 42.3 Å². The predicted molar refractivity (Wildman–Crippen MR) is 102 cm³/mol. The quantitative estimate of drug-likeness (QED) is 0.658. The Kier molecular flexibility index (Phi) is 5.69. The van der Waals surface area contributed by atoms with E-state index >= 15 is 0 Å². The van der Waals surface area contributed by atoms with Crippen LogP contribution in [-0.4, -0.2) is 40.8 Å². The third-order valence-electron chi connectivity index (χ3n) is 4.12. The predicted octanol–water partition coefficient (Wildman–Crippen LogP) is 3.26. The maximum absolute atomic E-state index is 12.4. The maximum Gasteiger partial charge on any atom is 0.226 e. The van der Waals surface area contributed by atoms with Gasteiger partial charge in [-0.15, -0.1) is 0 Å². The van der Waals surface area contributed by atoms with E-state index in [-0.39, 0.29) is 5.91 Å². The highest BCUT2D eigenvalue weighted by atomic mass is 16.5. The number of rotatable bonds is 7. The van der Waals surface area contributed by atoms with E-state index in [4.69, 9.17) is 4.74 Å². The Bertz CT molecular complexity index is 858. The summed E-state index contributed by atoms with van der Waals surface area (Å²) in [4.78, 5) is 14.1. The number of hydrogen-bond acceptors (Lipinski definition) is 3. The van der Waals surface area contributed by atoms with E-state index in [1.54, 1.807) is 22.8 Å². The van der Waals surface area contributed by atoms with Crippen LogP contribution in [0.2, 0.25) is 0 Å². The molecule has 0 aliphatic rings. The third kappa shape index (κ3) is 4.72. The zero-order valence-electron chi connectivity index (χ0n) is 15.1. The number of benzene rings is 2. The van der Waals surface area contributed by atoms with Crippen molar-refractivity contribution < 1.29 is 9.53 Å². The number of aryl methyl sites for hydroxylation is 1. The molecule has 5 heteroatoms. The monoisotopic (exact) mass is 349 g/mol. The lowest BCUT2D eigenvalue weighted by molar-refractivity contribution is -0.129. The molecule has 0 aliphatic heterocycles. The summed E-state index contributed by atoms with van der Waals surface area (Å²) in [5, 5.41) is 4.33. The Hall–Kier alpha value is -3.08. The van der Waals surface area contributed by atoms with Crippen LogP contribution >= 0.6 is 0 Å². The van der Waals surface area contributed by atoms with Crippen LogP contribution in [0.15, 0.2) is 67.0 Å². The molecule has 0 saturated heterocycles. The Morgan fingerprint density at radius 3 is 2.73 bits per heavy atom. The Morgan fingerprint density at radius 1 is 1.15 bits per heavy atom. The number of carbonyl (C=O) groups is 1. The van der Waals surface area contributed by atoms with Crippen LogP contribution in [0, 0.1) is 6.92 Å². The molecule has 0 unspecified atom stereocenters. The van der Waals surface area contributed by atoms with Gasteiger partial charge >= 0.3 is 0 Å². The molecule has 26 heavy (non-hydrogen) atoms. The average molecular weight is 349 g/mol. The number of likely N-dealkylation sites (N-methyl/N-ethyl adjacent to an activating group) is 1. The molecule has 3 rings (SSSR count). The minimum atomic E-state index is 0.0467. The molecule has 0 N–H and O–H groups in total. The number of aromatic nitrogens is 2. The van der Waals surface area contributed by atoms with Crippen molar-refractivity contribution in [2.24, 2.45) is 0 Å². The molecule has 3 aromatic rings. The molecule has 5 nitrogen and oxygen atoms in total. The molecule has 1 aromatic heterocycles. The number of carbonyl (C=O) groups excluding carboxylic acids is 1. The van der Waals surface area contributed by atoms with Gasteiger partial charge in [0.05, 0.1) is 24.8 Å². The molecule has 0 bridgehead atoms. The third-order valence-corrected chi connectivity index (χ3v) is 4.12. The van der Waals surface area contributed by atoms with Gasteiger partial charge in [-0.1, -0.05) is 30.3 Å². The maximum atomic E-state index is 12.4. The first kappa shape index (κ1) is 17.7. The van der Waals surface area contributed by atoms with E-state index < -0.39 is 0 Å². The summed E-state index contributed by atoms with van der Waals surface area (Å²) < 4.78 is 7.49. The molecule has 0 atom stereocenters. The first-order chi connectivity index (χ1) is 12.6. The molecule has 0 radical (unpaired) electrons. The molecule has 134 valence electrons. The molecule has 0 spiro atoms. The van der Waals surface area contributed by atoms with Gasteiger partial charge in [-0.2, -0.15) is 5.10 Å². The van der Waals surface area contributed by atoms with Crippen LogP contribution in [-0.2, 0) is 11.2 Å². The summed E-state index contributed by atoms with van der Waals surface area (Å²) in [6, 6.07) is 17.7. The highest BCUT2D eigenvalue weighted by Crippen LogP contribution is 2.12. The molecule has 1 amide bonds. The van der Waals surface area contributed by atoms with E-state index in [0.717, 1.165) is 22.6 Å². The van der Waals surface area contributed by atoms with E-state index in [2.05, 4.69) is 5.10 Å². The van der Waals surface area contributed by atoms with Crippen LogP contribution < -0.4 is 4.74 Å². The standard InChI is InChI=1S/C21H23N3O2/c1-17-7-6-10-20(13-17)26-12-11-23(2)21(25)14-18-15-22-24(16-18)19-8-4-3-5-9-19/h3-10,13,15-16H,11-12,14H2,1-2H3. The number of para-hydroxylation sites is 1. The topological polar surface area (TPSA) is 47.4 Å². The first-order valence-corrected chi connectivity index (χ1v) is 8.64. The van der Waals surface area contributed by atoms with Crippen molar-refractivity contribution in [1.29, 1.82) is 0 Å². The highest BCUT2D eigenvalue weighted by molar-refractivity contribution is 5.78. The van der Waals surface area contributed by atoms with Gasteiger partial charge in [0.15, 0.2) is 0 Å². The zero-order chi connectivity index (χ0) is 18.4. The SMILES string of the molecule is Cc1cccc(OCCN(C)C(=O)Cc2cnn(-c3ccccc3)c2)c1. The van der Waals surface area contributed by atoms with Gasteiger partial charge in [0.2, 0.25) is 5.91 Å². The second kappa shape index (κ2) is 8.34. The van der Waals surface area contributed by atoms with Crippen LogP contribution in [0.1, 0.15) is 11.1 Å². The summed E-state index contributed by atoms with van der Waals surface area (Å²) in [7, 11) is 1.80. The van der Waals surface area contributed by atoms with Crippen molar-refractivity contribution in [3.05, 3.63) is 78.1 Å². The molecule has 0 aliphatic carbocycles. The summed E-state index contributed by atoms with van der Waals surface area (Å²) in [6.45, 7) is 3.03. The fraction of sp³-hybridized carbons (Fsp3) is 0.238. The number of amides is 1. The fourth-order valence-corrected chi connectivity index (χ4v) is 2.61. The minimum absolute atomic E-state index is 0.0467. The molecule has 0 fully saturated rings. The van der Waals surface area contributed by atoms with Gasteiger partial charge in [0.1, 0.15) is 12.4 Å². The van der Waals surface area contributed by atoms with E-state index in [0.29, 0.717) is 19.6 Å². The lowest BCUT2D eigenvalue weighted by Crippen LogP contribution is -2.32. The summed E-state index contributed by atoms with van der Waals surface area (Å²) in [6.07, 6.45) is 3.96. The van der Waals surface area contributed by atoms with Crippen molar-refractivity contribution in [3.63, 3.8) is 0 Å². The Balaban J connectivity index is 1.49. The van der Waals surface area contributed by atoms with E-state index in [1.165, 1.54) is 0 Å². The molecular weight excluding hydrogens is 326 g/mol. The van der Waals surface area contributed by atoms with Gasteiger partial charge in [-0.25, -0.2) is 4.68 Å². The lowest BCUT2D eigenvalue weighted by atomic mass is 10.2. The minimum Gasteiger partial charge on any atom is -0.492 e. The van der Waals surface area contributed by atoms with Crippen LogP contribution in [0.3, 0.4) is 0 Å². The number of nitrogens with zero attached hydrogens (tertiary/aromatic N) is 3. The molecule has 0 saturated carbocycles. The zero-order valence-corrected chi connectivity index (χ0v) is 15.1. The summed E-state index contributed by atoms with van der Waals surface area (Å²) >= 11 is 0. The van der Waals surface area contributed by atoms with Crippen molar-refractivity contribution in [3.8, 4) is 11.4 Å². The van der Waals surface area contributed by atoms with Crippen LogP contribution in [0.5, 0.6) is 5.75 Å². The molecule has 1 heterocycles. The summed E-state index contributed by atoms with van der Waals surface area (Å²) in [5.74, 6) is 0.875. The largest absolute Gasteiger partial charge is 0.492 e. The second-order valence-corrected chi connectivity index (χ2v) is 6.29. The van der Waals surface area contributed by atoms with Crippen molar-refractivity contribution in [2.75, 3.05) is 20.2 Å². The molecule has 2 aromatic carbocycles. The van der Waals surface area contributed by atoms with Gasteiger partial charge in [-0.3, -0.25) is 4.79 Å². The Morgan fingerprint density at radius 2 is 1.96 bits per heavy atom. The lowest BCUT2D eigenvalue weighted by Gasteiger charge is -2.17. The number of hydrogen-bond donors (Lipinski definition) is 0. The smallest absolute Gasteiger partial charge is 0.226 e. The van der Waals surface area contributed by atoms with Gasteiger partial charge < -0.3 is 9.64 Å². The average Bonchev–Trinajstić information content (AvgIpc) is 3.11. The second-order valence-electron chi connectivity index (χ2n) is 6.29. The molecular formula is C21H23N3O2. The van der Waals surface area contributed by atoms with Crippen molar-refractivity contribution in [2.45, 2.75) is 13.3 Å². The first-order valence-electron chi connectivity index (χ1n) is 8.64. The van der Waals surface area contributed by atoms with Crippen molar-refractivity contribution in [1.82, 2.24) is 14.7 Å².